The molecule has 3 saturated carbocycles. The second-order valence-corrected chi connectivity index (χ2v) is 11.4. The highest BCUT2D eigenvalue weighted by molar-refractivity contribution is 6.01. The second kappa shape index (κ2) is 7.60. The highest BCUT2D eigenvalue weighted by atomic mass is 19.1. The maximum atomic E-state index is 17.3. The van der Waals surface area contributed by atoms with Crippen molar-refractivity contribution in [2.24, 2.45) is 28.6 Å². The zero-order valence-electron chi connectivity index (χ0n) is 20.6. The summed E-state index contributed by atoms with van der Waals surface area (Å²) >= 11 is 0. The van der Waals surface area contributed by atoms with Gasteiger partial charge in [0.15, 0.2) is 11.5 Å². The topological polar surface area (TPSA) is 114 Å². The molecule has 9 heteroatoms. The number of halogens is 2. The number of hydrogen-bond acceptors (Lipinski definition) is 6. The lowest BCUT2D eigenvalue weighted by atomic mass is 9.44. The molecule has 194 valence electrons. The van der Waals surface area contributed by atoms with Crippen LogP contribution in [0.3, 0.4) is 0 Å². The van der Waals surface area contributed by atoms with Crippen molar-refractivity contribution >= 4 is 17.7 Å². The van der Waals surface area contributed by atoms with Gasteiger partial charge in [-0.2, -0.15) is 0 Å². The van der Waals surface area contributed by atoms with Crippen molar-refractivity contribution in [2.75, 3.05) is 0 Å². The molecule has 2 unspecified atom stereocenters. The van der Waals surface area contributed by atoms with E-state index in [1.54, 1.807) is 26.8 Å². The maximum absolute atomic E-state index is 17.3. The van der Waals surface area contributed by atoms with Crippen LogP contribution in [0.5, 0.6) is 0 Å². The van der Waals surface area contributed by atoms with E-state index in [0.717, 1.165) is 6.08 Å². The lowest BCUT2D eigenvalue weighted by Crippen LogP contribution is -2.71. The Labute approximate surface area is 207 Å². The first kappa shape index (κ1) is 24.9. The monoisotopic (exact) mass is 504 g/mol. The fourth-order valence-corrected chi connectivity index (χ4v) is 8.01. The van der Waals surface area contributed by atoms with Crippen LogP contribution in [0.15, 0.2) is 40.5 Å². The number of carbonyl (C=O) groups is 3. The summed E-state index contributed by atoms with van der Waals surface area (Å²) in [4.78, 5) is 38.0. The number of carbonyl (C=O) groups excluding carboxylic acids is 2. The van der Waals surface area contributed by atoms with Crippen molar-refractivity contribution in [2.45, 2.75) is 70.5 Å². The Kier molecular flexibility index (Phi) is 5.25. The summed E-state index contributed by atoms with van der Waals surface area (Å²) in [5.41, 5.74) is -6.97. The predicted molar refractivity (Wildman–Crippen MR) is 122 cm³/mol. The van der Waals surface area contributed by atoms with Crippen LogP contribution < -0.4 is 0 Å². The first-order chi connectivity index (χ1) is 16.7. The fraction of sp³-hybridized carbons (Fsp3) is 0.593. The number of ether oxygens (including phenoxy) is 1. The van der Waals surface area contributed by atoms with E-state index >= 15 is 8.78 Å². The molecule has 0 aliphatic heterocycles. The predicted octanol–water partition coefficient (Wildman–Crippen LogP) is 4.13. The molecule has 0 amide bonds. The van der Waals surface area contributed by atoms with Gasteiger partial charge in [-0.25, -0.2) is 18.4 Å². The molecule has 0 bridgehead atoms. The van der Waals surface area contributed by atoms with Gasteiger partial charge in [-0.15, -0.1) is 0 Å². The van der Waals surface area contributed by atoms with Gasteiger partial charge in [-0.1, -0.05) is 19.9 Å². The van der Waals surface area contributed by atoms with Crippen LogP contribution in [0.2, 0.25) is 0 Å². The number of carboxylic acids is 1. The number of aliphatic hydroxyl groups excluding tert-OH is 1. The number of aliphatic carboxylic acids is 1. The Hall–Kier alpha value is -2.81. The quantitative estimate of drug-likeness (QED) is 0.595. The van der Waals surface area contributed by atoms with Gasteiger partial charge in [0.25, 0.3) is 0 Å². The highest BCUT2D eigenvalue weighted by Crippen LogP contribution is 2.71. The molecule has 4 aliphatic rings. The van der Waals surface area contributed by atoms with Crippen LogP contribution in [0, 0.1) is 35.5 Å². The molecule has 0 radical (unpaired) electrons. The number of aliphatic hydroxyl groups is 1. The Bertz CT molecular complexity index is 1220. The Balaban J connectivity index is 1.62. The normalized spacial score (nSPS) is 45.4. The van der Waals surface area contributed by atoms with Crippen LogP contribution in [-0.2, 0) is 14.3 Å². The van der Waals surface area contributed by atoms with Crippen LogP contribution in [-0.4, -0.2) is 51.5 Å². The molecule has 7 nitrogen and oxygen atoms in total. The van der Waals surface area contributed by atoms with Crippen LogP contribution >= 0.6 is 0 Å². The lowest BCUT2D eigenvalue weighted by Gasteiger charge is -2.62. The molecule has 1 heterocycles. The molecule has 9 atom stereocenters. The van der Waals surface area contributed by atoms with Gasteiger partial charge < -0.3 is 19.4 Å². The summed E-state index contributed by atoms with van der Waals surface area (Å²) in [5, 5.41) is 21.9. The van der Waals surface area contributed by atoms with E-state index in [0.29, 0.717) is 5.56 Å². The third-order valence-corrected chi connectivity index (χ3v) is 9.79. The molecule has 0 spiro atoms. The molecule has 5 rings (SSSR count). The van der Waals surface area contributed by atoms with Crippen LogP contribution in [0.25, 0.3) is 0 Å². The number of fused-ring (bicyclic) bond motifs is 5. The van der Waals surface area contributed by atoms with E-state index in [2.05, 4.69) is 0 Å². The van der Waals surface area contributed by atoms with Crippen LogP contribution in [0.4, 0.5) is 8.78 Å². The van der Waals surface area contributed by atoms with E-state index in [1.165, 1.54) is 25.3 Å². The van der Waals surface area contributed by atoms with Crippen molar-refractivity contribution in [3.8, 4) is 0 Å². The van der Waals surface area contributed by atoms with E-state index in [1.807, 2.05) is 0 Å². The Morgan fingerprint density at radius 3 is 2.53 bits per heavy atom. The summed E-state index contributed by atoms with van der Waals surface area (Å²) in [6.07, 6.45) is 1.09. The van der Waals surface area contributed by atoms with Gasteiger partial charge in [-0.3, -0.25) is 4.79 Å². The van der Waals surface area contributed by atoms with Crippen molar-refractivity contribution in [3.05, 3.63) is 47.5 Å². The third kappa shape index (κ3) is 2.78. The molecule has 1 aromatic rings. The van der Waals surface area contributed by atoms with Gasteiger partial charge in [-0.05, 0) is 62.8 Å². The summed E-state index contributed by atoms with van der Waals surface area (Å²) in [6.45, 7) is 6.31. The SMILES string of the molecule is Cc1ccoc1C(=O)O[C@]1(C(=O)O)[C@H](C)CC2C3C[C@H](F)C4=CC(=O)C=C[C@]4(C)[C@@]3(F)[C@@H](O)C[C@@]21C. The summed E-state index contributed by atoms with van der Waals surface area (Å²) < 4.78 is 43.8. The molecular formula is C27H30F2O7. The van der Waals surface area contributed by atoms with Crippen molar-refractivity contribution in [3.63, 3.8) is 0 Å². The largest absolute Gasteiger partial charge is 0.478 e. The van der Waals surface area contributed by atoms with Gasteiger partial charge >= 0.3 is 11.9 Å². The minimum atomic E-state index is -2.35. The number of allylic oxidation sites excluding steroid dienone is 4. The minimum absolute atomic E-state index is 0.00771. The van der Waals surface area contributed by atoms with Crippen molar-refractivity contribution < 1.29 is 42.5 Å². The second-order valence-electron chi connectivity index (χ2n) is 11.4. The molecular weight excluding hydrogens is 474 g/mol. The number of ketones is 1. The van der Waals surface area contributed by atoms with E-state index in [-0.39, 0.29) is 30.6 Å². The van der Waals surface area contributed by atoms with Gasteiger partial charge in [0.05, 0.1) is 12.4 Å². The molecule has 3 fully saturated rings. The van der Waals surface area contributed by atoms with Crippen molar-refractivity contribution in [1.29, 1.82) is 0 Å². The number of hydrogen-bond donors (Lipinski definition) is 2. The number of aryl methyl sites for hydroxylation is 1. The van der Waals surface area contributed by atoms with Crippen molar-refractivity contribution in [1.82, 2.24) is 0 Å². The first-order valence-electron chi connectivity index (χ1n) is 12.2. The number of rotatable bonds is 3. The number of furan rings is 1. The zero-order valence-corrected chi connectivity index (χ0v) is 20.6. The molecule has 36 heavy (non-hydrogen) atoms. The summed E-state index contributed by atoms with van der Waals surface area (Å²) in [7, 11) is 0. The molecule has 4 aliphatic carbocycles. The van der Waals surface area contributed by atoms with Gasteiger partial charge in [0.2, 0.25) is 11.4 Å². The average Bonchev–Trinajstić information content (AvgIpc) is 3.32. The van der Waals surface area contributed by atoms with Gasteiger partial charge in [0.1, 0.15) is 6.17 Å². The maximum Gasteiger partial charge on any atom is 0.375 e. The summed E-state index contributed by atoms with van der Waals surface area (Å²) in [5.74, 6) is -5.49. The Morgan fingerprint density at radius 1 is 1.22 bits per heavy atom. The Morgan fingerprint density at radius 2 is 1.92 bits per heavy atom. The number of carboxylic acid groups (broad SMARTS) is 1. The van der Waals surface area contributed by atoms with E-state index in [4.69, 9.17) is 9.15 Å². The standard InChI is InChI=1S/C27H30F2O7/c1-13-6-8-35-21(13)22(32)36-27(23(33)34)14(2)9-16-17-11-19(28)18-10-15(30)5-7-24(18,3)26(17,29)20(31)12-25(16,27)4/h5-8,10,14,16-17,19-20,31H,9,11-12H2,1-4H3,(H,33,34)/t14-,16?,17?,19+,20+,24+,25+,26+,27+/m1/s1. The first-order valence-corrected chi connectivity index (χ1v) is 12.2. The van der Waals surface area contributed by atoms with Gasteiger partial charge in [0, 0.05) is 28.2 Å². The van der Waals surface area contributed by atoms with E-state index < -0.39 is 69.9 Å². The molecule has 2 N–H and O–H groups in total. The fourth-order valence-electron chi connectivity index (χ4n) is 8.01. The lowest BCUT2D eigenvalue weighted by molar-refractivity contribution is -0.229. The van der Waals surface area contributed by atoms with E-state index in [9.17, 15) is 24.6 Å². The molecule has 0 aromatic carbocycles. The third-order valence-electron chi connectivity index (χ3n) is 9.79. The van der Waals surface area contributed by atoms with Crippen LogP contribution in [0.1, 0.15) is 56.2 Å². The zero-order chi connectivity index (χ0) is 26.4. The minimum Gasteiger partial charge on any atom is -0.478 e. The number of esters is 1. The average molecular weight is 505 g/mol. The smallest absolute Gasteiger partial charge is 0.375 e. The number of alkyl halides is 2. The molecule has 0 saturated heterocycles. The summed E-state index contributed by atoms with van der Waals surface area (Å²) in [6, 6.07) is 1.55. The molecule has 1 aromatic heterocycles. The highest BCUT2D eigenvalue weighted by Gasteiger charge is 2.78.